The van der Waals surface area contributed by atoms with Crippen LogP contribution in [0.2, 0.25) is 0 Å². The number of hydrogen-bond acceptors (Lipinski definition) is 5. The van der Waals surface area contributed by atoms with Gasteiger partial charge in [-0.05, 0) is 13.0 Å². The van der Waals surface area contributed by atoms with Crippen LogP contribution in [0.1, 0.15) is 32.0 Å². The number of H-pyrrole nitrogens is 1. The number of rotatable bonds is 7. The Hall–Kier alpha value is -1.40. The maximum atomic E-state index is 11.5. The van der Waals surface area contributed by atoms with Crippen LogP contribution in [0.3, 0.4) is 0 Å². The topological polar surface area (TPSA) is 93.0 Å². The van der Waals surface area contributed by atoms with Crippen LogP contribution < -0.4 is 16.6 Å². The molecule has 1 aromatic heterocycles. The lowest BCUT2D eigenvalue weighted by Crippen LogP contribution is -2.29. The molecule has 0 saturated heterocycles. The van der Waals surface area contributed by atoms with Crippen molar-refractivity contribution >= 4 is 5.82 Å². The number of methoxy groups -OCH3 is 1. The fraction of sp³-hybridized carbons (Fsp3) is 0.667. The highest BCUT2D eigenvalue weighted by Gasteiger charge is 2.10. The molecule has 0 aromatic carbocycles. The Kier molecular flexibility index (Phi) is 5.80. The lowest BCUT2D eigenvalue weighted by molar-refractivity contribution is 0.183. The Morgan fingerprint density at radius 3 is 2.83 bits per heavy atom. The van der Waals surface area contributed by atoms with Gasteiger partial charge in [0, 0.05) is 19.1 Å². The van der Waals surface area contributed by atoms with Gasteiger partial charge in [0.05, 0.1) is 12.6 Å². The second kappa shape index (κ2) is 7.13. The average molecular weight is 254 g/mol. The zero-order chi connectivity index (χ0) is 13.5. The van der Waals surface area contributed by atoms with E-state index in [9.17, 15) is 4.79 Å². The first-order chi connectivity index (χ1) is 8.56. The summed E-state index contributed by atoms with van der Waals surface area (Å²) in [6.45, 7) is 5.05. The fourth-order valence-electron chi connectivity index (χ4n) is 1.63. The first kappa shape index (κ1) is 14.7. The molecule has 1 atom stereocenters. The number of nitrogens with two attached hydrogens (primary N) is 1. The third kappa shape index (κ3) is 4.46. The third-order valence-corrected chi connectivity index (χ3v) is 2.54. The van der Waals surface area contributed by atoms with Gasteiger partial charge in [-0.25, -0.2) is 4.98 Å². The van der Waals surface area contributed by atoms with Crippen molar-refractivity contribution in [3.8, 4) is 0 Å². The van der Waals surface area contributed by atoms with Crippen molar-refractivity contribution in [1.29, 1.82) is 0 Å². The lowest BCUT2D eigenvalue weighted by Gasteiger charge is -2.18. The molecule has 0 fully saturated rings. The Labute approximate surface area is 107 Å². The van der Waals surface area contributed by atoms with Crippen LogP contribution in [0.4, 0.5) is 5.82 Å². The highest BCUT2D eigenvalue weighted by atomic mass is 16.5. The van der Waals surface area contributed by atoms with Gasteiger partial charge in [-0.1, -0.05) is 13.8 Å². The molecule has 0 radical (unpaired) electrons. The van der Waals surface area contributed by atoms with Gasteiger partial charge in [0.25, 0.3) is 5.56 Å². The second-order valence-electron chi connectivity index (χ2n) is 4.54. The maximum Gasteiger partial charge on any atom is 0.252 e. The lowest BCUT2D eigenvalue weighted by atomic mass is 10.2. The van der Waals surface area contributed by atoms with Crippen LogP contribution in [0, 0.1) is 0 Å². The van der Waals surface area contributed by atoms with E-state index < -0.39 is 0 Å². The maximum absolute atomic E-state index is 11.5. The number of nitrogens with zero attached hydrogens (tertiary/aromatic N) is 1. The van der Waals surface area contributed by atoms with Crippen LogP contribution in [-0.2, 0) is 4.74 Å². The van der Waals surface area contributed by atoms with Crippen molar-refractivity contribution in [3.05, 3.63) is 22.2 Å². The molecule has 4 N–H and O–H groups in total. The molecule has 1 heterocycles. The standard InChI is InChI=1S/C12H22N4O2/c1-8(2)12-15-10(6-11(17)16-12)14-9(4-5-13)7-18-3/h6,8-9H,4-5,7,13H2,1-3H3,(H2,14,15,16,17). The summed E-state index contributed by atoms with van der Waals surface area (Å²) in [5, 5.41) is 3.18. The van der Waals surface area contributed by atoms with Gasteiger partial charge in [0.1, 0.15) is 11.6 Å². The quantitative estimate of drug-likeness (QED) is 0.665. The molecule has 0 spiro atoms. The Morgan fingerprint density at radius 1 is 1.56 bits per heavy atom. The van der Waals surface area contributed by atoms with Gasteiger partial charge in [-0.2, -0.15) is 0 Å². The number of anilines is 1. The molecule has 1 unspecified atom stereocenters. The summed E-state index contributed by atoms with van der Waals surface area (Å²) < 4.78 is 5.10. The van der Waals surface area contributed by atoms with E-state index in [1.807, 2.05) is 13.8 Å². The van der Waals surface area contributed by atoms with Gasteiger partial charge < -0.3 is 20.8 Å². The molecule has 0 bridgehead atoms. The summed E-state index contributed by atoms with van der Waals surface area (Å²) in [6.07, 6.45) is 0.763. The van der Waals surface area contributed by atoms with Crippen molar-refractivity contribution in [2.75, 3.05) is 25.6 Å². The number of ether oxygens (including phenoxy) is 1. The van der Waals surface area contributed by atoms with E-state index in [-0.39, 0.29) is 17.5 Å². The molecule has 0 aliphatic heterocycles. The van der Waals surface area contributed by atoms with Crippen molar-refractivity contribution in [2.24, 2.45) is 5.73 Å². The SMILES string of the molecule is COCC(CCN)Nc1cc(=O)[nH]c(C(C)C)n1. The van der Waals surface area contributed by atoms with E-state index in [1.165, 1.54) is 6.07 Å². The Morgan fingerprint density at radius 2 is 2.28 bits per heavy atom. The van der Waals surface area contributed by atoms with Gasteiger partial charge in [0.15, 0.2) is 0 Å². The smallest absolute Gasteiger partial charge is 0.252 e. The number of aromatic amines is 1. The Balaban J connectivity index is 2.84. The summed E-state index contributed by atoms with van der Waals surface area (Å²) in [6, 6.07) is 1.51. The molecule has 6 nitrogen and oxygen atoms in total. The third-order valence-electron chi connectivity index (χ3n) is 2.54. The monoisotopic (exact) mass is 254 g/mol. The molecule has 0 aliphatic rings. The number of aromatic nitrogens is 2. The highest BCUT2D eigenvalue weighted by Crippen LogP contribution is 2.10. The summed E-state index contributed by atoms with van der Waals surface area (Å²) in [4.78, 5) is 18.6. The van der Waals surface area contributed by atoms with E-state index in [0.29, 0.717) is 24.8 Å². The molecular formula is C12H22N4O2. The van der Waals surface area contributed by atoms with Crippen LogP contribution in [0.15, 0.2) is 10.9 Å². The van der Waals surface area contributed by atoms with E-state index in [1.54, 1.807) is 7.11 Å². The molecule has 1 rings (SSSR count). The van der Waals surface area contributed by atoms with Crippen LogP contribution >= 0.6 is 0 Å². The summed E-state index contributed by atoms with van der Waals surface area (Å²) in [5.41, 5.74) is 5.38. The van der Waals surface area contributed by atoms with Crippen LogP contribution in [-0.4, -0.2) is 36.3 Å². The van der Waals surface area contributed by atoms with Crippen LogP contribution in [0.25, 0.3) is 0 Å². The molecular weight excluding hydrogens is 232 g/mol. The number of nitrogens with one attached hydrogen (secondary N) is 2. The summed E-state index contributed by atoms with van der Waals surface area (Å²) >= 11 is 0. The van der Waals surface area contributed by atoms with Crippen molar-refractivity contribution in [1.82, 2.24) is 9.97 Å². The average Bonchev–Trinajstić information content (AvgIpc) is 2.28. The summed E-state index contributed by atoms with van der Waals surface area (Å²) in [7, 11) is 1.63. The van der Waals surface area contributed by atoms with Gasteiger partial charge in [-0.3, -0.25) is 4.79 Å². The minimum absolute atomic E-state index is 0.0642. The van der Waals surface area contributed by atoms with E-state index in [2.05, 4.69) is 15.3 Å². The first-order valence-electron chi connectivity index (χ1n) is 6.13. The van der Waals surface area contributed by atoms with Gasteiger partial charge in [0.2, 0.25) is 0 Å². The minimum Gasteiger partial charge on any atom is -0.383 e. The van der Waals surface area contributed by atoms with Crippen molar-refractivity contribution < 1.29 is 4.74 Å². The zero-order valence-electron chi connectivity index (χ0n) is 11.2. The predicted octanol–water partition coefficient (Wildman–Crippen LogP) is 0.669. The molecule has 0 aliphatic carbocycles. The van der Waals surface area contributed by atoms with E-state index in [4.69, 9.17) is 10.5 Å². The normalized spacial score (nSPS) is 12.7. The molecule has 18 heavy (non-hydrogen) atoms. The fourth-order valence-corrected chi connectivity index (χ4v) is 1.63. The van der Waals surface area contributed by atoms with Gasteiger partial charge in [-0.15, -0.1) is 0 Å². The number of hydrogen-bond donors (Lipinski definition) is 3. The molecule has 0 amide bonds. The molecule has 102 valence electrons. The van der Waals surface area contributed by atoms with Crippen molar-refractivity contribution in [2.45, 2.75) is 32.2 Å². The second-order valence-corrected chi connectivity index (χ2v) is 4.54. The molecule has 0 saturated carbocycles. The molecule has 6 heteroatoms. The van der Waals surface area contributed by atoms with Crippen molar-refractivity contribution in [3.63, 3.8) is 0 Å². The summed E-state index contributed by atoms with van der Waals surface area (Å²) in [5.74, 6) is 1.42. The first-order valence-corrected chi connectivity index (χ1v) is 6.13. The zero-order valence-corrected chi connectivity index (χ0v) is 11.2. The Bertz CT molecular complexity index is 411. The van der Waals surface area contributed by atoms with Crippen LogP contribution in [0.5, 0.6) is 0 Å². The van der Waals surface area contributed by atoms with E-state index >= 15 is 0 Å². The van der Waals surface area contributed by atoms with E-state index in [0.717, 1.165) is 6.42 Å². The van der Waals surface area contributed by atoms with Gasteiger partial charge >= 0.3 is 0 Å². The highest BCUT2D eigenvalue weighted by molar-refractivity contribution is 5.34. The predicted molar refractivity (Wildman–Crippen MR) is 71.9 cm³/mol. The molecule has 1 aromatic rings. The minimum atomic E-state index is -0.153. The largest absolute Gasteiger partial charge is 0.383 e.